The van der Waals surface area contributed by atoms with E-state index in [-0.39, 0.29) is 36.8 Å². The van der Waals surface area contributed by atoms with Crippen LogP contribution in [0.3, 0.4) is 0 Å². The van der Waals surface area contributed by atoms with Crippen LogP contribution in [0.5, 0.6) is 5.75 Å². The molecule has 1 unspecified atom stereocenters. The van der Waals surface area contributed by atoms with Gasteiger partial charge in [0, 0.05) is 24.0 Å². The fraction of sp³-hybridized carbons (Fsp3) is 0.333. The molecule has 4 rings (SSSR count). The van der Waals surface area contributed by atoms with Crippen molar-refractivity contribution >= 4 is 39.3 Å². The molecule has 0 bridgehead atoms. The largest absolute Gasteiger partial charge is 0.483 e. The molecule has 1 aliphatic carbocycles. The first kappa shape index (κ1) is 28.1. The normalized spacial score (nSPS) is 14.5. The van der Waals surface area contributed by atoms with Crippen molar-refractivity contribution in [3.63, 3.8) is 0 Å². The molecular formula is C30H31BrClFN2O3. The third kappa shape index (κ3) is 8.05. The van der Waals surface area contributed by atoms with Crippen LogP contribution in [0.1, 0.15) is 43.2 Å². The van der Waals surface area contributed by atoms with Crippen LogP contribution in [0, 0.1) is 5.82 Å². The third-order valence-corrected chi connectivity index (χ3v) is 7.59. The van der Waals surface area contributed by atoms with Crippen LogP contribution in [0.2, 0.25) is 5.02 Å². The molecule has 0 radical (unpaired) electrons. The molecular weight excluding hydrogens is 571 g/mol. The minimum absolute atomic E-state index is 0.0959. The number of carbonyl (C=O) groups is 2. The number of rotatable bonds is 10. The number of carbonyl (C=O) groups excluding carboxylic acids is 2. The van der Waals surface area contributed by atoms with Gasteiger partial charge in [-0.15, -0.1) is 0 Å². The Kier molecular flexibility index (Phi) is 10.2. The van der Waals surface area contributed by atoms with Gasteiger partial charge >= 0.3 is 0 Å². The summed E-state index contributed by atoms with van der Waals surface area (Å²) in [6, 6.07) is 20.0. The topological polar surface area (TPSA) is 58.6 Å². The fourth-order valence-electron chi connectivity index (χ4n) is 4.70. The van der Waals surface area contributed by atoms with Gasteiger partial charge < -0.3 is 15.0 Å². The van der Waals surface area contributed by atoms with E-state index in [2.05, 4.69) is 21.2 Å². The summed E-state index contributed by atoms with van der Waals surface area (Å²) in [7, 11) is 0. The zero-order valence-electron chi connectivity index (χ0n) is 21.0. The Morgan fingerprint density at radius 1 is 1.00 bits per heavy atom. The summed E-state index contributed by atoms with van der Waals surface area (Å²) in [5, 5.41) is 3.74. The van der Waals surface area contributed by atoms with Crippen molar-refractivity contribution in [3.05, 3.63) is 99.2 Å². The van der Waals surface area contributed by atoms with Crippen molar-refractivity contribution in [1.29, 1.82) is 0 Å². The molecule has 8 heteroatoms. The summed E-state index contributed by atoms with van der Waals surface area (Å²) in [6.07, 6.45) is 5.54. The zero-order valence-corrected chi connectivity index (χ0v) is 23.4. The highest BCUT2D eigenvalue weighted by Gasteiger charge is 2.32. The summed E-state index contributed by atoms with van der Waals surface area (Å²) < 4.78 is 20.1. The third-order valence-electron chi connectivity index (χ3n) is 6.73. The summed E-state index contributed by atoms with van der Waals surface area (Å²) in [5.74, 6) is -0.436. The Morgan fingerprint density at radius 2 is 1.71 bits per heavy atom. The maximum absolute atomic E-state index is 13.7. The second-order valence-electron chi connectivity index (χ2n) is 9.56. The van der Waals surface area contributed by atoms with Crippen LogP contribution in [-0.2, 0) is 22.6 Å². The Hall–Kier alpha value is -2.90. The first-order valence-electron chi connectivity index (χ1n) is 12.8. The highest BCUT2D eigenvalue weighted by atomic mass is 79.9. The van der Waals surface area contributed by atoms with Gasteiger partial charge in [-0.1, -0.05) is 73.3 Å². The Labute approximate surface area is 236 Å². The van der Waals surface area contributed by atoms with Crippen LogP contribution in [0.25, 0.3) is 0 Å². The van der Waals surface area contributed by atoms with Gasteiger partial charge in [-0.05, 0) is 70.2 Å². The lowest BCUT2D eigenvalue weighted by Crippen LogP contribution is -2.53. The van der Waals surface area contributed by atoms with Crippen LogP contribution >= 0.6 is 27.5 Å². The molecule has 0 spiro atoms. The first-order valence-corrected chi connectivity index (χ1v) is 14.0. The number of ether oxygens (including phenoxy) is 1. The highest BCUT2D eigenvalue weighted by molar-refractivity contribution is 9.10. The minimum Gasteiger partial charge on any atom is -0.483 e. The van der Waals surface area contributed by atoms with Crippen LogP contribution < -0.4 is 10.1 Å². The molecule has 38 heavy (non-hydrogen) atoms. The van der Waals surface area contributed by atoms with Gasteiger partial charge in [-0.3, -0.25) is 9.59 Å². The van der Waals surface area contributed by atoms with Gasteiger partial charge in [0.05, 0.1) is 4.47 Å². The lowest BCUT2D eigenvalue weighted by molar-refractivity contribution is -0.143. The Morgan fingerprint density at radius 3 is 2.39 bits per heavy atom. The lowest BCUT2D eigenvalue weighted by atomic mass is 9.94. The second kappa shape index (κ2) is 13.8. The molecule has 0 aromatic heterocycles. The van der Waals surface area contributed by atoms with Crippen LogP contribution in [-0.4, -0.2) is 35.4 Å². The van der Waals surface area contributed by atoms with Gasteiger partial charge in [0.2, 0.25) is 5.91 Å². The van der Waals surface area contributed by atoms with Gasteiger partial charge in [0.15, 0.2) is 6.61 Å². The second-order valence-corrected chi connectivity index (χ2v) is 10.9. The average Bonchev–Trinajstić information content (AvgIpc) is 2.92. The van der Waals surface area contributed by atoms with Gasteiger partial charge in [-0.25, -0.2) is 4.39 Å². The number of hydrogen-bond donors (Lipinski definition) is 1. The number of amides is 2. The molecule has 3 aromatic carbocycles. The summed E-state index contributed by atoms with van der Waals surface area (Å²) in [4.78, 5) is 29.0. The van der Waals surface area contributed by atoms with Gasteiger partial charge in [0.1, 0.15) is 17.6 Å². The molecule has 1 fully saturated rings. The number of halogens is 3. The van der Waals surface area contributed by atoms with Crippen LogP contribution in [0.4, 0.5) is 4.39 Å². The van der Waals surface area contributed by atoms with E-state index in [4.69, 9.17) is 16.3 Å². The standard InChI is InChI=1S/C30H31BrClFN2O3/c31-26-18-23(32)13-16-28(26)38-20-29(36)35(19-22-11-14-24(33)15-12-22)27(17-21-7-3-1-4-8-21)30(37)34-25-9-5-2-6-10-25/h1,3-4,7-8,11-16,18,25,27H,2,5-6,9-10,17,19-20H2,(H,34,37). The molecule has 0 saturated heterocycles. The molecule has 1 saturated carbocycles. The van der Waals surface area contributed by atoms with Gasteiger partial charge in [-0.2, -0.15) is 0 Å². The molecule has 0 aliphatic heterocycles. The van der Waals surface area contributed by atoms with Gasteiger partial charge in [0.25, 0.3) is 5.91 Å². The van der Waals surface area contributed by atoms with Crippen molar-refractivity contribution in [2.45, 2.75) is 57.2 Å². The predicted molar refractivity (Wildman–Crippen MR) is 151 cm³/mol. The van der Waals surface area contributed by atoms with Crippen molar-refractivity contribution in [2.24, 2.45) is 0 Å². The Bertz CT molecular complexity index is 1220. The van der Waals surface area contributed by atoms with E-state index in [1.165, 1.54) is 18.6 Å². The number of nitrogens with zero attached hydrogens (tertiary/aromatic N) is 1. The maximum Gasteiger partial charge on any atom is 0.261 e. The monoisotopic (exact) mass is 600 g/mol. The number of benzene rings is 3. The Balaban J connectivity index is 1.61. The smallest absolute Gasteiger partial charge is 0.261 e. The first-order chi connectivity index (χ1) is 18.4. The van der Waals surface area contributed by atoms with E-state index in [9.17, 15) is 14.0 Å². The molecule has 200 valence electrons. The van der Waals surface area contributed by atoms with Crippen molar-refractivity contribution in [1.82, 2.24) is 10.2 Å². The van der Waals surface area contributed by atoms with E-state index in [0.29, 0.717) is 21.7 Å². The van der Waals surface area contributed by atoms with Crippen molar-refractivity contribution in [2.75, 3.05) is 6.61 Å². The quantitative estimate of drug-likeness (QED) is 0.281. The SMILES string of the molecule is O=C(NC1CCCCC1)C(Cc1ccccc1)N(Cc1ccc(F)cc1)C(=O)COc1ccc(Cl)cc1Br. The van der Waals surface area contributed by atoms with E-state index in [0.717, 1.165) is 36.8 Å². The van der Waals surface area contributed by atoms with E-state index < -0.39 is 6.04 Å². The predicted octanol–water partition coefficient (Wildman–Crippen LogP) is 6.71. The average molecular weight is 602 g/mol. The molecule has 1 aliphatic rings. The summed E-state index contributed by atoms with van der Waals surface area (Å²) in [6.45, 7) is -0.136. The lowest BCUT2D eigenvalue weighted by Gasteiger charge is -2.33. The summed E-state index contributed by atoms with van der Waals surface area (Å²) >= 11 is 9.45. The molecule has 5 nitrogen and oxygen atoms in total. The molecule has 0 heterocycles. The fourth-order valence-corrected chi connectivity index (χ4v) is 5.50. The van der Waals surface area contributed by atoms with Crippen LogP contribution in [0.15, 0.2) is 77.3 Å². The molecule has 3 aromatic rings. The van der Waals surface area contributed by atoms with Crippen molar-refractivity contribution < 1.29 is 18.7 Å². The molecule has 1 N–H and O–H groups in total. The van der Waals surface area contributed by atoms with E-state index in [1.54, 1.807) is 35.2 Å². The van der Waals surface area contributed by atoms with Crippen molar-refractivity contribution in [3.8, 4) is 5.75 Å². The number of nitrogens with one attached hydrogen (secondary N) is 1. The van der Waals surface area contributed by atoms with E-state index >= 15 is 0 Å². The molecule has 1 atom stereocenters. The number of hydrogen-bond acceptors (Lipinski definition) is 3. The van der Waals surface area contributed by atoms with E-state index in [1.807, 2.05) is 30.3 Å². The molecule has 2 amide bonds. The highest BCUT2D eigenvalue weighted by Crippen LogP contribution is 2.28. The minimum atomic E-state index is -0.769. The zero-order chi connectivity index (χ0) is 26.9. The maximum atomic E-state index is 13.7. The summed E-state index contributed by atoms with van der Waals surface area (Å²) in [5.41, 5.74) is 1.66.